The summed E-state index contributed by atoms with van der Waals surface area (Å²) in [5.74, 6) is 0. The van der Waals surface area contributed by atoms with E-state index in [-0.39, 0.29) is 0 Å². The molecule has 0 bridgehead atoms. The van der Waals surface area contributed by atoms with Crippen LogP contribution in [0.2, 0.25) is 5.02 Å². The highest BCUT2D eigenvalue weighted by Crippen LogP contribution is 2.22. The van der Waals surface area contributed by atoms with Crippen LogP contribution in [-0.2, 0) is 19.4 Å². The Hall–Kier alpha value is -1.31. The van der Waals surface area contributed by atoms with Gasteiger partial charge in [-0.1, -0.05) is 48.0 Å². The Balaban J connectivity index is 1.62. The van der Waals surface area contributed by atoms with Gasteiger partial charge < -0.3 is 0 Å². The summed E-state index contributed by atoms with van der Waals surface area (Å²) in [6.45, 7) is 3.31. The van der Waals surface area contributed by atoms with Crippen LogP contribution in [0.5, 0.6) is 0 Å². The second-order valence-corrected chi connectivity index (χ2v) is 5.61. The molecule has 2 aromatic rings. The molecule has 0 N–H and O–H groups in total. The van der Waals surface area contributed by atoms with Crippen LogP contribution < -0.4 is 0 Å². The first kappa shape index (κ1) is 12.7. The Bertz CT molecular complexity index is 550. The summed E-state index contributed by atoms with van der Waals surface area (Å²) in [5, 5.41) is 0.851. The van der Waals surface area contributed by atoms with Gasteiger partial charge in [-0.05, 0) is 41.7 Å². The minimum atomic E-state index is 0.851. The number of hydrogen-bond donors (Lipinski definition) is 0. The van der Waals surface area contributed by atoms with Crippen molar-refractivity contribution in [3.8, 4) is 0 Å². The average molecular weight is 272 g/mol. The van der Waals surface area contributed by atoms with Gasteiger partial charge in [-0.25, -0.2) is 0 Å². The average Bonchev–Trinajstić information content (AvgIpc) is 2.46. The molecule has 0 aromatic heterocycles. The molecule has 0 unspecified atom stereocenters. The van der Waals surface area contributed by atoms with Gasteiger partial charge in [0.05, 0.1) is 0 Å². The molecule has 0 radical (unpaired) electrons. The Labute approximate surface area is 119 Å². The molecule has 0 spiro atoms. The van der Waals surface area contributed by atoms with E-state index in [0.717, 1.165) is 37.5 Å². The third-order valence-electron chi connectivity index (χ3n) is 3.82. The summed E-state index contributed by atoms with van der Waals surface area (Å²) in [6.07, 6.45) is 2.26. The van der Waals surface area contributed by atoms with Crippen LogP contribution in [-0.4, -0.2) is 18.0 Å². The third kappa shape index (κ3) is 3.17. The van der Waals surface area contributed by atoms with E-state index < -0.39 is 0 Å². The van der Waals surface area contributed by atoms with Crippen molar-refractivity contribution in [1.82, 2.24) is 4.90 Å². The van der Waals surface area contributed by atoms with Crippen LogP contribution in [0.15, 0.2) is 48.5 Å². The first-order valence-electron chi connectivity index (χ1n) is 6.85. The lowest BCUT2D eigenvalue weighted by molar-refractivity contribution is 0.257. The Morgan fingerprint density at radius 1 is 1.00 bits per heavy atom. The van der Waals surface area contributed by atoms with Crippen molar-refractivity contribution in [2.45, 2.75) is 19.4 Å². The van der Waals surface area contributed by atoms with E-state index in [0.29, 0.717) is 0 Å². The summed E-state index contributed by atoms with van der Waals surface area (Å²) < 4.78 is 0. The minimum absolute atomic E-state index is 0.851. The van der Waals surface area contributed by atoms with Crippen molar-refractivity contribution >= 4 is 11.6 Å². The van der Waals surface area contributed by atoms with Crippen LogP contribution in [0.4, 0.5) is 0 Å². The zero-order valence-corrected chi connectivity index (χ0v) is 11.7. The monoisotopic (exact) mass is 271 g/mol. The Morgan fingerprint density at radius 2 is 1.84 bits per heavy atom. The lowest BCUT2D eigenvalue weighted by Crippen LogP contribution is -2.32. The maximum Gasteiger partial charge on any atom is 0.0409 e. The van der Waals surface area contributed by atoms with E-state index in [1.54, 1.807) is 0 Å². The van der Waals surface area contributed by atoms with Crippen molar-refractivity contribution in [2.24, 2.45) is 0 Å². The fraction of sp³-hybridized carbons (Fsp3) is 0.294. The number of rotatable bonds is 3. The smallest absolute Gasteiger partial charge is 0.0409 e. The molecule has 1 aliphatic heterocycles. The molecule has 1 heterocycles. The summed E-state index contributed by atoms with van der Waals surface area (Å²) >= 11 is 6.08. The van der Waals surface area contributed by atoms with E-state index in [2.05, 4.69) is 47.4 Å². The fourth-order valence-electron chi connectivity index (χ4n) is 2.71. The summed E-state index contributed by atoms with van der Waals surface area (Å²) in [6, 6.07) is 17.0. The quantitative estimate of drug-likeness (QED) is 0.817. The lowest BCUT2D eigenvalue weighted by atomic mass is 9.99. The van der Waals surface area contributed by atoms with Gasteiger partial charge in [-0.3, -0.25) is 4.90 Å². The lowest BCUT2D eigenvalue weighted by Gasteiger charge is -2.28. The number of halogens is 1. The van der Waals surface area contributed by atoms with Gasteiger partial charge in [0, 0.05) is 24.7 Å². The first-order valence-corrected chi connectivity index (χ1v) is 7.23. The van der Waals surface area contributed by atoms with Gasteiger partial charge in [-0.2, -0.15) is 0 Å². The molecule has 98 valence electrons. The van der Waals surface area contributed by atoms with Crippen LogP contribution in [0.25, 0.3) is 0 Å². The number of hydrogen-bond acceptors (Lipinski definition) is 1. The van der Waals surface area contributed by atoms with Crippen molar-refractivity contribution in [3.63, 3.8) is 0 Å². The van der Waals surface area contributed by atoms with Crippen LogP contribution in [0.1, 0.15) is 16.7 Å². The molecule has 1 nitrogen and oxygen atoms in total. The molecule has 3 rings (SSSR count). The fourth-order valence-corrected chi connectivity index (χ4v) is 2.90. The van der Waals surface area contributed by atoms with Gasteiger partial charge in [0.25, 0.3) is 0 Å². The molecule has 0 amide bonds. The van der Waals surface area contributed by atoms with Crippen LogP contribution >= 0.6 is 11.6 Å². The number of benzene rings is 2. The van der Waals surface area contributed by atoms with Gasteiger partial charge in [0.1, 0.15) is 0 Å². The van der Waals surface area contributed by atoms with Crippen molar-refractivity contribution in [3.05, 3.63) is 70.2 Å². The molecule has 19 heavy (non-hydrogen) atoms. The zero-order chi connectivity index (χ0) is 13.1. The van der Waals surface area contributed by atoms with Gasteiger partial charge in [0.2, 0.25) is 0 Å². The molecule has 0 saturated carbocycles. The van der Waals surface area contributed by atoms with E-state index in [1.165, 1.54) is 16.7 Å². The topological polar surface area (TPSA) is 3.24 Å². The number of nitrogens with zero attached hydrogens (tertiary/aromatic N) is 1. The molecule has 1 aliphatic rings. The summed E-state index contributed by atoms with van der Waals surface area (Å²) in [5.41, 5.74) is 4.27. The maximum atomic E-state index is 6.08. The summed E-state index contributed by atoms with van der Waals surface area (Å²) in [4.78, 5) is 2.52. The van der Waals surface area contributed by atoms with E-state index in [4.69, 9.17) is 11.6 Å². The molecule has 2 aromatic carbocycles. The largest absolute Gasteiger partial charge is 0.298 e. The van der Waals surface area contributed by atoms with Gasteiger partial charge in [-0.15, -0.1) is 0 Å². The highest BCUT2D eigenvalue weighted by Gasteiger charge is 2.15. The van der Waals surface area contributed by atoms with Gasteiger partial charge in [0.15, 0.2) is 0 Å². The van der Waals surface area contributed by atoms with Gasteiger partial charge >= 0.3 is 0 Å². The highest BCUT2D eigenvalue weighted by atomic mass is 35.5. The molecular weight excluding hydrogens is 254 g/mol. The molecule has 0 fully saturated rings. The van der Waals surface area contributed by atoms with Crippen molar-refractivity contribution < 1.29 is 0 Å². The molecular formula is C17H18ClN. The normalized spacial score (nSPS) is 15.2. The highest BCUT2D eigenvalue weighted by molar-refractivity contribution is 6.30. The molecule has 0 atom stereocenters. The molecule has 2 heteroatoms. The minimum Gasteiger partial charge on any atom is -0.298 e. The van der Waals surface area contributed by atoms with Crippen LogP contribution in [0.3, 0.4) is 0 Å². The van der Waals surface area contributed by atoms with Crippen LogP contribution in [0, 0.1) is 0 Å². The van der Waals surface area contributed by atoms with E-state index in [9.17, 15) is 0 Å². The maximum absolute atomic E-state index is 6.08. The molecule has 0 saturated heterocycles. The number of fused-ring (bicyclic) bond motifs is 1. The second kappa shape index (κ2) is 5.77. The predicted octanol–water partition coefficient (Wildman–Crippen LogP) is 3.94. The second-order valence-electron chi connectivity index (χ2n) is 5.17. The van der Waals surface area contributed by atoms with Crippen molar-refractivity contribution in [2.75, 3.05) is 13.1 Å². The van der Waals surface area contributed by atoms with E-state index >= 15 is 0 Å². The Morgan fingerprint density at radius 3 is 2.68 bits per heavy atom. The van der Waals surface area contributed by atoms with Crippen molar-refractivity contribution in [1.29, 1.82) is 0 Å². The Kier molecular flexibility index (Phi) is 3.86. The predicted molar refractivity (Wildman–Crippen MR) is 80.6 cm³/mol. The summed E-state index contributed by atoms with van der Waals surface area (Å²) in [7, 11) is 0. The molecule has 0 aliphatic carbocycles. The third-order valence-corrected chi connectivity index (χ3v) is 4.05. The standard InChI is InChI=1S/C17H18ClN/c18-17-7-6-15-9-11-19(13-16(15)12-17)10-8-14-4-2-1-3-5-14/h1-7,12H,8-11,13H2. The van der Waals surface area contributed by atoms with E-state index in [1.807, 2.05) is 6.07 Å². The SMILES string of the molecule is Clc1ccc2c(c1)CN(CCc1ccccc1)CC2. The first-order chi connectivity index (χ1) is 9.31. The zero-order valence-electron chi connectivity index (χ0n) is 11.0.